The van der Waals surface area contributed by atoms with E-state index in [1.807, 2.05) is 48.2 Å². The molecular formula is C24H33IN6O2. The molecule has 2 aliphatic heterocycles. The molecule has 4 rings (SSSR count). The number of anilines is 1. The number of aromatic nitrogens is 1. The number of hydrogen-bond donors (Lipinski definition) is 2. The number of hydrogen-bond acceptors (Lipinski definition) is 5. The van der Waals surface area contributed by atoms with Gasteiger partial charge in [0.15, 0.2) is 5.96 Å². The molecule has 2 N–H and O–H groups in total. The molecule has 2 aromatic rings. The minimum absolute atomic E-state index is 0. The molecule has 9 heteroatoms. The molecule has 1 aromatic carbocycles. The first-order valence-corrected chi connectivity index (χ1v) is 11.4. The van der Waals surface area contributed by atoms with Crippen LogP contribution in [0.3, 0.4) is 0 Å². The number of rotatable bonds is 7. The Hall–Kier alpha value is -2.56. The largest absolute Gasteiger partial charge is 0.488 e. The van der Waals surface area contributed by atoms with E-state index < -0.39 is 0 Å². The van der Waals surface area contributed by atoms with Gasteiger partial charge >= 0.3 is 0 Å². The Labute approximate surface area is 212 Å². The molecule has 2 aliphatic rings. The molecule has 1 saturated heterocycles. The maximum atomic E-state index is 12.6. The highest BCUT2D eigenvalue weighted by atomic mass is 127. The van der Waals surface area contributed by atoms with E-state index in [4.69, 9.17) is 4.74 Å². The summed E-state index contributed by atoms with van der Waals surface area (Å²) in [5.41, 5.74) is 1.24. The van der Waals surface area contributed by atoms with Crippen LogP contribution in [0.4, 0.5) is 5.82 Å². The number of nitrogens with one attached hydrogen (secondary N) is 2. The minimum Gasteiger partial charge on any atom is -0.488 e. The fourth-order valence-corrected chi connectivity index (χ4v) is 4.06. The summed E-state index contributed by atoms with van der Waals surface area (Å²) in [5.74, 6) is 2.82. The maximum absolute atomic E-state index is 12.6. The average Bonchev–Trinajstić information content (AvgIpc) is 3.26. The number of ether oxygens (including phenoxy) is 1. The van der Waals surface area contributed by atoms with Gasteiger partial charge in [-0.3, -0.25) is 4.79 Å². The van der Waals surface area contributed by atoms with Crippen LogP contribution in [0.15, 0.2) is 53.7 Å². The highest BCUT2D eigenvalue weighted by molar-refractivity contribution is 14.0. The van der Waals surface area contributed by atoms with Crippen LogP contribution < -0.4 is 20.3 Å². The molecule has 33 heavy (non-hydrogen) atoms. The van der Waals surface area contributed by atoms with E-state index in [2.05, 4.69) is 31.6 Å². The molecule has 1 atom stereocenters. The number of piperazine rings is 1. The number of carbonyl (C=O) groups is 1. The Morgan fingerprint density at radius 3 is 2.64 bits per heavy atom. The van der Waals surface area contributed by atoms with Crippen molar-refractivity contribution < 1.29 is 9.53 Å². The van der Waals surface area contributed by atoms with Gasteiger partial charge in [0.1, 0.15) is 17.7 Å². The zero-order valence-corrected chi connectivity index (χ0v) is 21.4. The highest BCUT2D eigenvalue weighted by Crippen LogP contribution is 2.28. The number of benzene rings is 1. The van der Waals surface area contributed by atoms with Gasteiger partial charge in [-0.25, -0.2) is 9.98 Å². The van der Waals surface area contributed by atoms with Crippen molar-refractivity contribution in [1.29, 1.82) is 0 Å². The van der Waals surface area contributed by atoms with Gasteiger partial charge in [0, 0.05) is 58.3 Å². The minimum atomic E-state index is 0. The lowest BCUT2D eigenvalue weighted by molar-refractivity contribution is -0.131. The van der Waals surface area contributed by atoms with E-state index >= 15 is 0 Å². The maximum Gasteiger partial charge on any atom is 0.224 e. The van der Waals surface area contributed by atoms with Gasteiger partial charge in [0.2, 0.25) is 5.91 Å². The van der Waals surface area contributed by atoms with Crippen molar-refractivity contribution in [1.82, 2.24) is 20.5 Å². The van der Waals surface area contributed by atoms with Crippen LogP contribution in [-0.4, -0.2) is 73.7 Å². The van der Waals surface area contributed by atoms with Crippen molar-refractivity contribution in [2.75, 3.05) is 50.7 Å². The van der Waals surface area contributed by atoms with Crippen LogP contribution in [0, 0.1) is 0 Å². The summed E-state index contributed by atoms with van der Waals surface area (Å²) in [6.07, 6.45) is 3.18. The smallest absolute Gasteiger partial charge is 0.224 e. The number of guanidine groups is 1. The van der Waals surface area contributed by atoms with E-state index in [-0.39, 0.29) is 36.0 Å². The zero-order chi connectivity index (χ0) is 22.2. The normalized spacial score (nSPS) is 17.6. The van der Waals surface area contributed by atoms with Crippen LogP contribution >= 0.6 is 24.0 Å². The van der Waals surface area contributed by atoms with Crippen molar-refractivity contribution in [3.05, 3.63) is 54.2 Å². The van der Waals surface area contributed by atoms with Gasteiger partial charge in [-0.2, -0.15) is 0 Å². The van der Waals surface area contributed by atoms with Crippen LogP contribution in [-0.2, 0) is 11.2 Å². The molecule has 3 heterocycles. The number of halogens is 1. The molecule has 0 saturated carbocycles. The summed E-state index contributed by atoms with van der Waals surface area (Å²) in [6.45, 7) is 7.00. The third-order valence-corrected chi connectivity index (χ3v) is 5.75. The second-order valence-electron chi connectivity index (χ2n) is 8.00. The molecule has 178 valence electrons. The average molecular weight is 564 g/mol. The molecule has 1 aromatic heterocycles. The number of nitrogens with zero attached hydrogens (tertiary/aromatic N) is 4. The fourth-order valence-electron chi connectivity index (χ4n) is 4.06. The lowest BCUT2D eigenvalue weighted by Gasteiger charge is -2.35. The Bertz CT molecular complexity index is 893. The molecule has 0 radical (unpaired) electrons. The summed E-state index contributed by atoms with van der Waals surface area (Å²) in [5, 5.41) is 6.54. The summed E-state index contributed by atoms with van der Waals surface area (Å²) < 4.78 is 5.97. The van der Waals surface area contributed by atoms with Crippen molar-refractivity contribution in [2.45, 2.75) is 25.9 Å². The van der Waals surface area contributed by atoms with E-state index in [0.29, 0.717) is 19.5 Å². The Morgan fingerprint density at radius 1 is 1.12 bits per heavy atom. The van der Waals surface area contributed by atoms with Gasteiger partial charge in [0.25, 0.3) is 0 Å². The quantitative estimate of drug-likeness (QED) is 0.305. The number of aliphatic imine (C=N–C) groups is 1. The summed E-state index contributed by atoms with van der Waals surface area (Å²) in [7, 11) is 0. The second-order valence-corrected chi connectivity index (χ2v) is 8.00. The summed E-state index contributed by atoms with van der Waals surface area (Å²) in [4.78, 5) is 25.9. The molecular weight excluding hydrogens is 531 g/mol. The van der Waals surface area contributed by atoms with Crippen LogP contribution in [0.5, 0.6) is 5.75 Å². The summed E-state index contributed by atoms with van der Waals surface area (Å²) >= 11 is 0. The molecule has 1 fully saturated rings. The monoisotopic (exact) mass is 564 g/mol. The third-order valence-electron chi connectivity index (χ3n) is 5.75. The number of para-hydroxylation sites is 1. The van der Waals surface area contributed by atoms with Crippen LogP contribution in [0.2, 0.25) is 0 Å². The van der Waals surface area contributed by atoms with Crippen molar-refractivity contribution in [3.8, 4) is 5.75 Å². The van der Waals surface area contributed by atoms with Crippen LogP contribution in [0.25, 0.3) is 0 Å². The molecule has 0 bridgehead atoms. The van der Waals surface area contributed by atoms with Crippen molar-refractivity contribution >= 4 is 41.7 Å². The summed E-state index contributed by atoms with van der Waals surface area (Å²) in [6, 6.07) is 14.1. The molecule has 1 amide bonds. The zero-order valence-electron chi connectivity index (χ0n) is 19.1. The van der Waals surface area contributed by atoms with Gasteiger partial charge < -0.3 is 25.2 Å². The first kappa shape index (κ1) is 25.1. The van der Waals surface area contributed by atoms with Gasteiger partial charge in [-0.1, -0.05) is 24.3 Å². The highest BCUT2D eigenvalue weighted by Gasteiger charge is 2.23. The van der Waals surface area contributed by atoms with Gasteiger partial charge in [-0.05, 0) is 30.7 Å². The number of fused-ring (bicyclic) bond motifs is 1. The number of amides is 1. The van der Waals surface area contributed by atoms with Crippen molar-refractivity contribution in [3.63, 3.8) is 0 Å². The third kappa shape index (κ3) is 6.96. The SMILES string of the molecule is CCNC(=NCC1Cc2ccccc2O1)NCCC(=O)N1CCN(c2ccccn2)CC1.I. The molecule has 0 aliphatic carbocycles. The number of carbonyl (C=O) groups excluding carboxylic acids is 1. The number of pyridine rings is 1. The van der Waals surface area contributed by atoms with Gasteiger partial charge in [0.05, 0.1) is 6.54 Å². The molecule has 0 spiro atoms. The lowest BCUT2D eigenvalue weighted by Crippen LogP contribution is -2.49. The molecule has 8 nitrogen and oxygen atoms in total. The van der Waals surface area contributed by atoms with E-state index in [1.54, 1.807) is 6.20 Å². The predicted molar refractivity (Wildman–Crippen MR) is 142 cm³/mol. The van der Waals surface area contributed by atoms with Crippen LogP contribution in [0.1, 0.15) is 18.9 Å². The first-order valence-electron chi connectivity index (χ1n) is 11.4. The molecule has 1 unspecified atom stereocenters. The fraction of sp³-hybridized carbons (Fsp3) is 0.458. The Kier molecular flexibility index (Phi) is 9.59. The first-order chi connectivity index (χ1) is 15.7. The van der Waals surface area contributed by atoms with E-state index in [1.165, 1.54) is 5.56 Å². The Balaban J connectivity index is 0.00000306. The standard InChI is InChI=1S/C24H32N6O2.HI/c1-2-25-24(28-18-20-17-19-7-3-4-8-21(19)32-20)27-12-10-23(31)30-15-13-29(14-16-30)22-9-5-6-11-26-22;/h3-9,11,20H,2,10,12-18H2,1H3,(H2,25,27,28);1H. The lowest BCUT2D eigenvalue weighted by atomic mass is 10.1. The van der Waals surface area contributed by atoms with E-state index in [0.717, 1.165) is 56.7 Å². The topological polar surface area (TPSA) is 82.1 Å². The second kappa shape index (κ2) is 12.6. The van der Waals surface area contributed by atoms with E-state index in [9.17, 15) is 4.79 Å². The Morgan fingerprint density at radius 2 is 1.91 bits per heavy atom. The van der Waals surface area contributed by atoms with Crippen molar-refractivity contribution in [2.24, 2.45) is 4.99 Å². The predicted octanol–water partition coefficient (Wildman–Crippen LogP) is 2.30. The van der Waals surface area contributed by atoms with Gasteiger partial charge in [-0.15, -0.1) is 24.0 Å².